The van der Waals surface area contributed by atoms with Crippen molar-refractivity contribution in [2.24, 2.45) is 0 Å². The van der Waals surface area contributed by atoms with Gasteiger partial charge in [-0.2, -0.15) is 0 Å². The molecule has 0 aromatic rings. The molecule has 0 amide bonds. The molecule has 0 N–H and O–H groups in total. The van der Waals surface area contributed by atoms with E-state index in [0.717, 1.165) is 8.58 Å². The van der Waals surface area contributed by atoms with Gasteiger partial charge in [0.1, 0.15) is 0 Å². The molecule has 0 bridgehead atoms. The Morgan fingerprint density at radius 1 is 1.50 bits per heavy atom. The normalized spacial score (nSPS) is 9.00. The smallest absolute Gasteiger partial charge is 0 e. The second-order valence-electron chi connectivity index (χ2n) is 1.10. The molecule has 0 saturated carbocycles. The monoisotopic (exact) mass is 179 g/mol. The quantitative estimate of drug-likeness (QED) is 0.566. The summed E-state index contributed by atoms with van der Waals surface area (Å²) >= 11 is 0. The van der Waals surface area contributed by atoms with Crippen LogP contribution in [0.5, 0.6) is 0 Å². The van der Waals surface area contributed by atoms with Gasteiger partial charge >= 0.3 is 0 Å². The molecule has 0 aliphatic rings. The van der Waals surface area contributed by atoms with Gasteiger partial charge in [-0.25, -0.2) is 0 Å². The van der Waals surface area contributed by atoms with Crippen molar-refractivity contribution in [3.05, 3.63) is 0 Å². The molecule has 1 radical (unpaired) electrons. The van der Waals surface area contributed by atoms with Crippen LogP contribution >= 0.6 is 8.58 Å². The van der Waals surface area contributed by atoms with Crippen LogP contribution in [0.2, 0.25) is 0 Å². The zero-order chi connectivity index (χ0) is 4.12. The number of hydrogen-bond donors (Lipinski definition) is 0. The topological polar surface area (TPSA) is 0 Å². The van der Waals surface area contributed by atoms with Gasteiger partial charge in [-0.1, -0.05) is 13.3 Å². The minimum absolute atomic E-state index is 0. The van der Waals surface area contributed by atoms with Crippen LogP contribution in [0.25, 0.3) is 0 Å². The molecule has 0 saturated heterocycles. The van der Waals surface area contributed by atoms with Crippen LogP contribution in [0.3, 0.4) is 0 Å². The van der Waals surface area contributed by atoms with E-state index < -0.39 is 0 Å². The Balaban J connectivity index is 0. The predicted molar refractivity (Wildman–Crippen MR) is 29.4 cm³/mol. The van der Waals surface area contributed by atoms with Crippen molar-refractivity contribution in [2.45, 2.75) is 13.3 Å². The first-order valence-electron chi connectivity index (χ1n) is 2.06. The van der Waals surface area contributed by atoms with Gasteiger partial charge in [0.05, 0.1) is 0 Å². The van der Waals surface area contributed by atoms with Crippen molar-refractivity contribution in [2.75, 3.05) is 12.8 Å². The Labute approximate surface area is 67.1 Å². The molecule has 0 aromatic carbocycles. The molecule has 1 unspecified atom stereocenters. The van der Waals surface area contributed by atoms with Crippen molar-refractivity contribution in [1.29, 1.82) is 0 Å². The van der Waals surface area contributed by atoms with Crippen LogP contribution in [0.15, 0.2) is 0 Å². The zero-order valence-corrected chi connectivity index (χ0v) is 8.33. The maximum atomic E-state index is 2.24. The second kappa shape index (κ2) is 9.73. The van der Waals surface area contributed by atoms with Crippen LogP contribution in [0.1, 0.15) is 13.3 Å². The molecular formula is C4H11PY. The minimum Gasteiger partial charge on any atom is -0.125 e. The van der Waals surface area contributed by atoms with Gasteiger partial charge in [0, 0.05) is 32.7 Å². The molecule has 1 atom stereocenters. The maximum absolute atomic E-state index is 2.24. The molecule has 0 aliphatic carbocycles. The molecule has 0 fully saturated rings. The van der Waals surface area contributed by atoms with E-state index in [-0.39, 0.29) is 32.7 Å². The maximum Gasteiger partial charge on any atom is 0 e. The minimum atomic E-state index is 0. The average molecular weight is 179 g/mol. The molecule has 0 aromatic heterocycles. The third-order valence-electron chi connectivity index (χ3n) is 0.500. The van der Waals surface area contributed by atoms with E-state index in [9.17, 15) is 0 Å². The van der Waals surface area contributed by atoms with Gasteiger partial charge in [-0.3, -0.25) is 0 Å². The predicted octanol–water partition coefficient (Wildman–Crippen LogP) is 1.70. The Kier molecular flexibility index (Phi) is 17.0. The summed E-state index contributed by atoms with van der Waals surface area (Å²) in [7, 11) is 1.16. The van der Waals surface area contributed by atoms with Gasteiger partial charge in [-0.15, -0.1) is 8.58 Å². The van der Waals surface area contributed by atoms with Crippen molar-refractivity contribution >= 4 is 8.58 Å². The van der Waals surface area contributed by atoms with E-state index in [0.29, 0.717) is 0 Å². The fraction of sp³-hybridized carbons (Fsp3) is 1.00. The fourth-order valence-corrected chi connectivity index (χ4v) is 0.750. The summed E-state index contributed by atoms with van der Waals surface area (Å²) in [6.45, 7) is 4.46. The first kappa shape index (κ1) is 10.5. The van der Waals surface area contributed by atoms with E-state index >= 15 is 0 Å². The molecule has 6 heavy (non-hydrogen) atoms. The summed E-state index contributed by atoms with van der Waals surface area (Å²) in [4.78, 5) is 0. The average Bonchev–Trinajstić information content (AvgIpc) is 1.41. The summed E-state index contributed by atoms with van der Waals surface area (Å²) < 4.78 is 0. The van der Waals surface area contributed by atoms with E-state index in [1.165, 1.54) is 12.6 Å². The Hall–Kier alpha value is 1.53. The fourth-order valence-electron chi connectivity index (χ4n) is 0.250. The van der Waals surface area contributed by atoms with Crippen molar-refractivity contribution < 1.29 is 32.7 Å². The molecule has 35 valence electrons. The Morgan fingerprint density at radius 2 is 2.00 bits per heavy atom. The zero-order valence-electron chi connectivity index (χ0n) is 4.49. The first-order valence-corrected chi connectivity index (χ1v) is 3.77. The third kappa shape index (κ3) is 9.11. The molecule has 0 aliphatic heterocycles. The molecular weight excluding hydrogens is 168 g/mol. The molecule has 0 nitrogen and oxygen atoms in total. The molecule has 0 heterocycles. The standard InChI is InChI=1S/C4H11P.Y/c1-3-4-5-2;/h5H,3-4H2,1-2H3;. The van der Waals surface area contributed by atoms with Gasteiger partial charge in [0.15, 0.2) is 0 Å². The van der Waals surface area contributed by atoms with E-state index in [1.54, 1.807) is 0 Å². The van der Waals surface area contributed by atoms with Crippen molar-refractivity contribution in [1.82, 2.24) is 0 Å². The van der Waals surface area contributed by atoms with E-state index in [2.05, 4.69) is 13.6 Å². The van der Waals surface area contributed by atoms with E-state index in [1.807, 2.05) is 0 Å². The largest absolute Gasteiger partial charge is 0.125 e. The third-order valence-corrected chi connectivity index (χ3v) is 1.50. The van der Waals surface area contributed by atoms with E-state index in [4.69, 9.17) is 0 Å². The second-order valence-corrected chi connectivity index (χ2v) is 2.31. The van der Waals surface area contributed by atoms with Crippen LogP contribution in [0, 0.1) is 0 Å². The first-order chi connectivity index (χ1) is 2.41. The number of rotatable bonds is 2. The van der Waals surface area contributed by atoms with Crippen LogP contribution in [-0.4, -0.2) is 12.8 Å². The van der Waals surface area contributed by atoms with Crippen LogP contribution in [0.4, 0.5) is 0 Å². The summed E-state index contributed by atoms with van der Waals surface area (Å²) in [6, 6.07) is 0. The summed E-state index contributed by atoms with van der Waals surface area (Å²) in [5.41, 5.74) is 0. The summed E-state index contributed by atoms with van der Waals surface area (Å²) in [5, 5.41) is 0. The number of hydrogen-bond acceptors (Lipinski definition) is 0. The van der Waals surface area contributed by atoms with Crippen molar-refractivity contribution in [3.8, 4) is 0 Å². The Morgan fingerprint density at radius 3 is 2.00 bits per heavy atom. The molecule has 0 rings (SSSR count). The van der Waals surface area contributed by atoms with Gasteiger partial charge < -0.3 is 0 Å². The molecule has 0 spiro atoms. The van der Waals surface area contributed by atoms with Crippen LogP contribution in [-0.2, 0) is 32.7 Å². The van der Waals surface area contributed by atoms with Gasteiger partial charge in [0.2, 0.25) is 0 Å². The Bertz CT molecular complexity index is 15.0. The van der Waals surface area contributed by atoms with Crippen molar-refractivity contribution in [3.63, 3.8) is 0 Å². The van der Waals surface area contributed by atoms with Crippen LogP contribution < -0.4 is 0 Å². The van der Waals surface area contributed by atoms with Gasteiger partial charge in [0.25, 0.3) is 0 Å². The SMILES string of the molecule is CCCPC.[Y]. The summed E-state index contributed by atoms with van der Waals surface area (Å²) in [6.07, 6.45) is 2.77. The summed E-state index contributed by atoms with van der Waals surface area (Å²) in [5.74, 6) is 0. The molecule has 2 heteroatoms. The van der Waals surface area contributed by atoms with Gasteiger partial charge in [-0.05, 0) is 12.8 Å².